The Labute approximate surface area is 210 Å². The van der Waals surface area contributed by atoms with Crippen molar-refractivity contribution in [3.63, 3.8) is 0 Å². The van der Waals surface area contributed by atoms with E-state index in [0.29, 0.717) is 0 Å². The molecule has 1 spiro atoms. The van der Waals surface area contributed by atoms with Crippen LogP contribution in [0.15, 0.2) is 121 Å². The smallest absolute Gasteiger partial charge is 0.179 e. The summed E-state index contributed by atoms with van der Waals surface area (Å²) in [6.07, 6.45) is 4.42. The minimum Gasteiger partial charge on any atom is -0.497 e. The Morgan fingerprint density at radius 1 is 0.694 bits per heavy atom. The second kappa shape index (κ2) is 8.00. The Hall–Kier alpha value is -4.56. The maximum Gasteiger partial charge on any atom is 0.179 e. The third kappa shape index (κ3) is 2.98. The lowest BCUT2D eigenvalue weighted by atomic mass is 9.74. The largest absolute Gasteiger partial charge is 0.497 e. The molecule has 5 aromatic rings. The van der Waals surface area contributed by atoms with E-state index >= 15 is 0 Å². The molecule has 1 atom stereocenters. The van der Waals surface area contributed by atoms with Gasteiger partial charge in [-0.3, -0.25) is 0 Å². The molecule has 2 heteroatoms. The monoisotopic (exact) mass is 464 g/mol. The van der Waals surface area contributed by atoms with Crippen molar-refractivity contribution < 1.29 is 9.47 Å². The van der Waals surface area contributed by atoms with Crippen LogP contribution in [0, 0.1) is 0 Å². The highest BCUT2D eigenvalue weighted by Gasteiger charge is 2.47. The van der Waals surface area contributed by atoms with Gasteiger partial charge < -0.3 is 9.47 Å². The van der Waals surface area contributed by atoms with Crippen molar-refractivity contribution in [1.29, 1.82) is 0 Å². The number of methoxy groups -OCH3 is 1. The van der Waals surface area contributed by atoms with Gasteiger partial charge in [0.1, 0.15) is 11.5 Å². The van der Waals surface area contributed by atoms with Crippen molar-refractivity contribution in [1.82, 2.24) is 0 Å². The quantitative estimate of drug-likeness (QED) is 0.268. The van der Waals surface area contributed by atoms with Crippen molar-refractivity contribution in [2.24, 2.45) is 0 Å². The van der Waals surface area contributed by atoms with Crippen LogP contribution in [0.25, 0.3) is 28.0 Å². The molecule has 5 aromatic carbocycles. The fourth-order valence-corrected chi connectivity index (χ4v) is 5.73. The van der Waals surface area contributed by atoms with Crippen LogP contribution in [0.5, 0.6) is 11.5 Å². The topological polar surface area (TPSA) is 18.5 Å². The zero-order valence-corrected chi connectivity index (χ0v) is 19.9. The first-order chi connectivity index (χ1) is 17.8. The Bertz CT molecular complexity index is 1680. The third-order valence-corrected chi connectivity index (χ3v) is 7.31. The molecule has 1 aliphatic heterocycles. The number of ether oxygens (including phenoxy) is 2. The van der Waals surface area contributed by atoms with Gasteiger partial charge >= 0.3 is 0 Å². The molecule has 0 amide bonds. The third-order valence-electron chi connectivity index (χ3n) is 7.31. The molecular weight excluding hydrogens is 440 g/mol. The van der Waals surface area contributed by atoms with Gasteiger partial charge in [-0.15, -0.1) is 0 Å². The zero-order chi connectivity index (χ0) is 24.1. The molecule has 2 aliphatic rings. The maximum atomic E-state index is 7.11. The average molecular weight is 465 g/mol. The van der Waals surface area contributed by atoms with Crippen molar-refractivity contribution >= 4 is 28.0 Å². The van der Waals surface area contributed by atoms with E-state index < -0.39 is 5.60 Å². The lowest BCUT2D eigenvalue weighted by molar-refractivity contribution is 0.183. The van der Waals surface area contributed by atoms with E-state index in [1.165, 1.54) is 16.7 Å². The summed E-state index contributed by atoms with van der Waals surface area (Å²) in [5.41, 5.74) is 7.41. The van der Waals surface area contributed by atoms with Gasteiger partial charge in [-0.1, -0.05) is 97.1 Å². The second-order valence-electron chi connectivity index (χ2n) is 9.27. The van der Waals surface area contributed by atoms with E-state index in [4.69, 9.17) is 9.47 Å². The van der Waals surface area contributed by atoms with Crippen molar-refractivity contribution in [3.05, 3.63) is 149 Å². The summed E-state index contributed by atoms with van der Waals surface area (Å²) in [4.78, 5) is 0. The molecular formula is C34H24O2. The highest BCUT2D eigenvalue weighted by Crippen LogP contribution is 2.57. The highest BCUT2D eigenvalue weighted by atomic mass is 16.5. The van der Waals surface area contributed by atoms with Crippen LogP contribution in [0.4, 0.5) is 0 Å². The molecule has 1 unspecified atom stereocenters. The molecule has 0 fully saturated rings. The van der Waals surface area contributed by atoms with Gasteiger partial charge in [0, 0.05) is 22.3 Å². The number of rotatable bonds is 3. The number of fused-ring (bicyclic) bond motifs is 5. The number of benzene rings is 5. The first kappa shape index (κ1) is 20.8. The number of hydrogen-bond donors (Lipinski definition) is 0. The molecule has 0 radical (unpaired) electrons. The lowest BCUT2D eigenvalue weighted by Gasteiger charge is -2.40. The van der Waals surface area contributed by atoms with Crippen molar-refractivity contribution in [2.75, 3.05) is 7.11 Å². The molecule has 0 saturated carbocycles. The van der Waals surface area contributed by atoms with E-state index in [2.05, 4.69) is 121 Å². The van der Waals surface area contributed by atoms with Gasteiger partial charge in [-0.05, 0) is 57.8 Å². The Morgan fingerprint density at radius 3 is 2.19 bits per heavy atom. The molecule has 7 rings (SSSR count). The van der Waals surface area contributed by atoms with Gasteiger partial charge in [-0.25, -0.2) is 0 Å². The molecule has 36 heavy (non-hydrogen) atoms. The van der Waals surface area contributed by atoms with Gasteiger partial charge in [0.05, 0.1) is 7.11 Å². The van der Waals surface area contributed by atoms with Crippen LogP contribution < -0.4 is 9.47 Å². The Balaban J connectivity index is 1.66. The summed E-state index contributed by atoms with van der Waals surface area (Å²) >= 11 is 0. The molecule has 1 heterocycles. The van der Waals surface area contributed by atoms with E-state index in [9.17, 15) is 0 Å². The first-order valence-corrected chi connectivity index (χ1v) is 12.2. The normalized spacial score (nSPS) is 17.7. The van der Waals surface area contributed by atoms with Gasteiger partial charge in [0.15, 0.2) is 5.60 Å². The maximum absolute atomic E-state index is 7.11. The fraction of sp³-hybridized carbons (Fsp3) is 0.0588. The van der Waals surface area contributed by atoms with Crippen LogP contribution in [0.1, 0.15) is 27.8 Å². The summed E-state index contributed by atoms with van der Waals surface area (Å²) in [7, 11) is 1.71. The molecule has 0 aromatic heterocycles. The van der Waals surface area contributed by atoms with Crippen LogP contribution in [-0.2, 0) is 5.60 Å². The van der Waals surface area contributed by atoms with E-state index in [-0.39, 0.29) is 0 Å². The summed E-state index contributed by atoms with van der Waals surface area (Å²) in [5.74, 6) is 1.73. The predicted octanol–water partition coefficient (Wildman–Crippen LogP) is 8.12. The molecule has 172 valence electrons. The summed E-state index contributed by atoms with van der Waals surface area (Å²) in [6, 6.07) is 40.4. The summed E-state index contributed by atoms with van der Waals surface area (Å²) < 4.78 is 12.6. The van der Waals surface area contributed by atoms with Gasteiger partial charge in [-0.2, -0.15) is 0 Å². The van der Waals surface area contributed by atoms with Crippen molar-refractivity contribution in [2.45, 2.75) is 5.60 Å². The van der Waals surface area contributed by atoms with Crippen LogP contribution >= 0.6 is 0 Å². The fourth-order valence-electron chi connectivity index (χ4n) is 5.73. The predicted molar refractivity (Wildman–Crippen MR) is 147 cm³/mol. The molecule has 0 saturated heterocycles. The average Bonchev–Trinajstić information content (AvgIpc) is 3.31. The van der Waals surface area contributed by atoms with Crippen LogP contribution in [-0.4, -0.2) is 7.11 Å². The minimum absolute atomic E-state index is 0.726. The minimum atomic E-state index is -0.726. The van der Waals surface area contributed by atoms with E-state index in [1.807, 2.05) is 6.07 Å². The zero-order valence-electron chi connectivity index (χ0n) is 19.9. The summed E-state index contributed by atoms with van der Waals surface area (Å²) in [5, 5.41) is 2.27. The van der Waals surface area contributed by atoms with Crippen LogP contribution in [0.2, 0.25) is 0 Å². The van der Waals surface area contributed by atoms with Crippen LogP contribution in [0.3, 0.4) is 0 Å². The van der Waals surface area contributed by atoms with Gasteiger partial charge in [0.25, 0.3) is 0 Å². The Kier molecular flexibility index (Phi) is 4.62. The molecule has 0 N–H and O–H groups in total. The lowest BCUT2D eigenvalue weighted by Crippen LogP contribution is -2.35. The van der Waals surface area contributed by atoms with E-state index in [1.54, 1.807) is 7.11 Å². The van der Waals surface area contributed by atoms with Crippen molar-refractivity contribution in [3.8, 4) is 11.5 Å². The first-order valence-electron chi connectivity index (χ1n) is 12.2. The standard InChI is InChI=1S/C34H24O2/c1-35-27-17-18-28-26(22-27)16-19-30-32(28)31(24-11-4-2-5-12-24)33(25-13-6-3-7-14-25)34(36-30)21-20-23-10-8-9-15-29(23)34/h2-22H,1H3. The second-order valence-corrected chi connectivity index (χ2v) is 9.27. The Morgan fingerprint density at radius 2 is 1.42 bits per heavy atom. The SMILES string of the molecule is COc1ccc2c3c(ccc2c1)OC1(C=Cc2ccccc21)C(c1ccccc1)=C3c1ccccc1. The van der Waals surface area contributed by atoms with Gasteiger partial charge in [0.2, 0.25) is 0 Å². The number of hydrogen-bond acceptors (Lipinski definition) is 2. The highest BCUT2D eigenvalue weighted by molar-refractivity contribution is 6.12. The molecule has 2 nitrogen and oxygen atoms in total. The summed E-state index contributed by atoms with van der Waals surface area (Å²) in [6.45, 7) is 0. The molecule has 0 bridgehead atoms. The van der Waals surface area contributed by atoms with E-state index in [0.717, 1.165) is 44.5 Å². The molecule has 1 aliphatic carbocycles.